The van der Waals surface area contributed by atoms with Crippen molar-refractivity contribution in [3.8, 4) is 6.07 Å². The number of nitriles is 1. The molecule has 9 heavy (non-hydrogen) atoms. The molecule has 0 saturated heterocycles. The zero-order chi connectivity index (χ0) is 7.12. The third-order valence-electron chi connectivity index (χ3n) is 1.91. The van der Waals surface area contributed by atoms with Crippen molar-refractivity contribution in [3.63, 3.8) is 0 Å². The Morgan fingerprint density at radius 1 is 1.22 bits per heavy atom. The fourth-order valence-corrected chi connectivity index (χ4v) is 0.559. The van der Waals surface area contributed by atoms with Gasteiger partial charge in [0.25, 0.3) is 0 Å². The van der Waals surface area contributed by atoms with Crippen LogP contribution in [-0.2, 0) is 0 Å². The average Bonchev–Trinajstić information content (AvgIpc) is 1.84. The highest BCUT2D eigenvalue weighted by Gasteiger charge is 2.49. The lowest BCUT2D eigenvalue weighted by Crippen LogP contribution is -2.49. The van der Waals surface area contributed by atoms with E-state index in [9.17, 15) is 0 Å². The van der Waals surface area contributed by atoms with E-state index < -0.39 is 5.54 Å². The zero-order valence-corrected chi connectivity index (χ0v) is 5.84. The molecular weight excluding hydrogens is 114 g/mol. The van der Waals surface area contributed by atoms with E-state index in [-0.39, 0.29) is 5.54 Å². The lowest BCUT2D eigenvalue weighted by Gasteiger charge is -2.37. The van der Waals surface area contributed by atoms with Crippen LogP contribution in [-0.4, -0.2) is 11.1 Å². The van der Waals surface area contributed by atoms with Crippen molar-refractivity contribution in [2.24, 2.45) is 10.2 Å². The van der Waals surface area contributed by atoms with Crippen LogP contribution in [0.3, 0.4) is 0 Å². The van der Waals surface area contributed by atoms with Crippen LogP contribution in [0.25, 0.3) is 0 Å². The van der Waals surface area contributed by atoms with Crippen molar-refractivity contribution in [3.05, 3.63) is 0 Å². The fraction of sp³-hybridized carbons (Fsp3) is 0.833. The maximum absolute atomic E-state index is 8.58. The van der Waals surface area contributed by atoms with E-state index in [1.165, 1.54) is 0 Å². The van der Waals surface area contributed by atoms with Gasteiger partial charge >= 0.3 is 0 Å². The number of nitrogens with zero attached hydrogens (tertiary/aromatic N) is 3. The molecule has 0 aromatic heterocycles. The normalized spacial score (nSPS) is 37.1. The van der Waals surface area contributed by atoms with Crippen molar-refractivity contribution in [1.82, 2.24) is 0 Å². The predicted molar refractivity (Wildman–Crippen MR) is 33.0 cm³/mol. The summed E-state index contributed by atoms with van der Waals surface area (Å²) < 4.78 is 0. The van der Waals surface area contributed by atoms with Gasteiger partial charge in [-0.1, -0.05) is 0 Å². The zero-order valence-electron chi connectivity index (χ0n) is 5.84. The number of hydrogen-bond acceptors (Lipinski definition) is 3. The molecule has 3 nitrogen and oxygen atoms in total. The van der Waals surface area contributed by atoms with Crippen LogP contribution in [0.4, 0.5) is 0 Å². The molecule has 0 fully saturated rings. The van der Waals surface area contributed by atoms with Crippen LogP contribution in [0.5, 0.6) is 0 Å². The van der Waals surface area contributed by atoms with Gasteiger partial charge in [0.1, 0.15) is 5.54 Å². The largest absolute Gasteiger partial charge is 0.195 e. The summed E-state index contributed by atoms with van der Waals surface area (Å²) in [4.78, 5) is 0. The van der Waals surface area contributed by atoms with E-state index in [1.54, 1.807) is 6.92 Å². The van der Waals surface area contributed by atoms with Gasteiger partial charge in [-0.05, 0) is 20.8 Å². The molecule has 0 saturated carbocycles. The Kier molecular flexibility index (Phi) is 0.914. The molecule has 1 heterocycles. The molecule has 3 heteroatoms. The molecule has 0 amide bonds. The third-order valence-corrected chi connectivity index (χ3v) is 1.91. The van der Waals surface area contributed by atoms with Crippen molar-refractivity contribution < 1.29 is 0 Å². The lowest BCUT2D eigenvalue weighted by molar-refractivity contribution is 0.244. The maximum Gasteiger partial charge on any atom is 0.190 e. The minimum atomic E-state index is -0.576. The highest BCUT2D eigenvalue weighted by Crippen LogP contribution is 2.37. The van der Waals surface area contributed by atoms with Crippen molar-refractivity contribution in [1.29, 1.82) is 5.26 Å². The molecule has 0 N–H and O–H groups in total. The van der Waals surface area contributed by atoms with Crippen LogP contribution in [0.15, 0.2) is 10.2 Å². The molecule has 0 bridgehead atoms. The van der Waals surface area contributed by atoms with Gasteiger partial charge in [0.05, 0.1) is 6.07 Å². The Morgan fingerprint density at radius 2 is 1.78 bits per heavy atom. The molecule has 1 aliphatic rings. The van der Waals surface area contributed by atoms with E-state index in [1.807, 2.05) is 13.8 Å². The molecule has 1 atom stereocenters. The summed E-state index contributed by atoms with van der Waals surface area (Å²) in [6, 6.07) is 2.11. The topological polar surface area (TPSA) is 48.5 Å². The molecule has 0 aromatic carbocycles. The van der Waals surface area contributed by atoms with Crippen molar-refractivity contribution >= 4 is 0 Å². The van der Waals surface area contributed by atoms with Crippen LogP contribution < -0.4 is 0 Å². The maximum atomic E-state index is 8.58. The Morgan fingerprint density at radius 3 is 1.78 bits per heavy atom. The molecule has 0 spiro atoms. The van der Waals surface area contributed by atoms with E-state index >= 15 is 0 Å². The van der Waals surface area contributed by atoms with Gasteiger partial charge in [0.2, 0.25) is 0 Å². The van der Waals surface area contributed by atoms with Crippen LogP contribution >= 0.6 is 0 Å². The Labute approximate surface area is 54.4 Å². The van der Waals surface area contributed by atoms with E-state index in [0.29, 0.717) is 0 Å². The summed E-state index contributed by atoms with van der Waals surface area (Å²) in [6.07, 6.45) is 0. The van der Waals surface area contributed by atoms with Crippen LogP contribution in [0.2, 0.25) is 0 Å². The summed E-state index contributed by atoms with van der Waals surface area (Å²) >= 11 is 0. The summed E-state index contributed by atoms with van der Waals surface area (Å²) in [5.74, 6) is 0. The van der Waals surface area contributed by atoms with Crippen LogP contribution in [0.1, 0.15) is 20.8 Å². The molecule has 1 rings (SSSR count). The van der Waals surface area contributed by atoms with Gasteiger partial charge in [-0.3, -0.25) is 0 Å². The highest BCUT2D eigenvalue weighted by atomic mass is 15.3. The third kappa shape index (κ3) is 0.561. The first kappa shape index (κ1) is 6.21. The van der Waals surface area contributed by atoms with E-state index in [0.717, 1.165) is 0 Å². The standard InChI is InChI=1S/C6H9N3/c1-5(2)6(3,4-7)9-8-5/h1-3H3. The second-order valence-electron chi connectivity index (χ2n) is 2.94. The first-order valence-corrected chi connectivity index (χ1v) is 2.87. The van der Waals surface area contributed by atoms with E-state index in [2.05, 4.69) is 16.3 Å². The SMILES string of the molecule is CC1(C)N=NC1(C)C#N. The predicted octanol–water partition coefficient (Wildman–Crippen LogP) is 1.51. The van der Waals surface area contributed by atoms with Crippen molar-refractivity contribution in [2.45, 2.75) is 31.8 Å². The Bertz CT molecular complexity index is 199. The minimum Gasteiger partial charge on any atom is -0.195 e. The van der Waals surface area contributed by atoms with Gasteiger partial charge in [0, 0.05) is 0 Å². The Balaban J connectivity index is 2.94. The second kappa shape index (κ2) is 1.32. The monoisotopic (exact) mass is 123 g/mol. The van der Waals surface area contributed by atoms with E-state index in [4.69, 9.17) is 5.26 Å². The molecule has 0 aliphatic carbocycles. The minimum absolute atomic E-state index is 0.276. The summed E-state index contributed by atoms with van der Waals surface area (Å²) in [5.41, 5.74) is -0.852. The smallest absolute Gasteiger partial charge is 0.190 e. The summed E-state index contributed by atoms with van der Waals surface area (Å²) in [7, 11) is 0. The quantitative estimate of drug-likeness (QED) is 0.481. The molecule has 0 radical (unpaired) electrons. The first-order chi connectivity index (χ1) is 4.02. The molecule has 48 valence electrons. The Hall–Kier alpha value is -0.910. The van der Waals surface area contributed by atoms with Gasteiger partial charge < -0.3 is 0 Å². The molecule has 1 unspecified atom stereocenters. The lowest BCUT2D eigenvalue weighted by atomic mass is 9.81. The van der Waals surface area contributed by atoms with Gasteiger partial charge in [-0.25, -0.2) is 0 Å². The second-order valence-corrected chi connectivity index (χ2v) is 2.94. The first-order valence-electron chi connectivity index (χ1n) is 2.87. The number of hydrogen-bond donors (Lipinski definition) is 0. The number of azo groups is 1. The van der Waals surface area contributed by atoms with Crippen molar-refractivity contribution in [2.75, 3.05) is 0 Å². The van der Waals surface area contributed by atoms with Gasteiger partial charge in [0.15, 0.2) is 5.54 Å². The van der Waals surface area contributed by atoms with Crippen LogP contribution in [0, 0.1) is 11.3 Å². The van der Waals surface area contributed by atoms with Gasteiger partial charge in [-0.15, -0.1) is 0 Å². The van der Waals surface area contributed by atoms with Gasteiger partial charge in [-0.2, -0.15) is 15.5 Å². The highest BCUT2D eigenvalue weighted by molar-refractivity contribution is 5.21. The number of rotatable bonds is 0. The molecule has 0 aromatic rings. The summed E-state index contributed by atoms with van der Waals surface area (Å²) in [6.45, 7) is 5.60. The summed E-state index contributed by atoms with van der Waals surface area (Å²) in [5, 5.41) is 16.1. The molecule has 1 aliphatic heterocycles. The molecular formula is C6H9N3. The fourth-order valence-electron chi connectivity index (χ4n) is 0.559. The average molecular weight is 123 g/mol.